The molecule has 0 saturated carbocycles. The quantitative estimate of drug-likeness (QED) is 0.599. The summed E-state index contributed by atoms with van der Waals surface area (Å²) < 4.78 is 16.0. The number of fused-ring (bicyclic) bond motifs is 1. The molecular formula is C20H21NO4. The smallest absolute Gasteiger partial charge is 0.258 e. The number of para-hydroxylation sites is 1. The normalized spacial score (nSPS) is 14.8. The van der Waals surface area contributed by atoms with E-state index in [0.717, 1.165) is 16.8 Å². The third-order valence-corrected chi connectivity index (χ3v) is 4.13. The number of nitrogens with zero attached hydrogens (tertiary/aromatic N) is 1. The molecule has 2 aromatic rings. The van der Waals surface area contributed by atoms with Gasteiger partial charge in [-0.1, -0.05) is 24.3 Å². The van der Waals surface area contributed by atoms with Crippen LogP contribution in [0.25, 0.3) is 11.6 Å². The maximum Gasteiger partial charge on any atom is 0.258 e. The van der Waals surface area contributed by atoms with E-state index in [0.29, 0.717) is 30.3 Å². The molecule has 5 heteroatoms. The van der Waals surface area contributed by atoms with Crippen LogP contribution in [0.4, 0.5) is 5.69 Å². The number of carbonyl (C=O) groups is 1. The Balaban J connectivity index is 1.92. The Hall–Kier alpha value is -2.79. The summed E-state index contributed by atoms with van der Waals surface area (Å²) in [6.45, 7) is 0.955. The minimum atomic E-state index is -0.0133. The molecule has 2 aromatic carbocycles. The molecule has 1 heterocycles. The van der Waals surface area contributed by atoms with Crippen molar-refractivity contribution in [2.75, 3.05) is 39.4 Å². The summed E-state index contributed by atoms with van der Waals surface area (Å²) in [6, 6.07) is 13.4. The van der Waals surface area contributed by atoms with Crippen LogP contribution in [0, 0.1) is 0 Å². The molecule has 0 N–H and O–H groups in total. The second kappa shape index (κ2) is 7.40. The van der Waals surface area contributed by atoms with Crippen LogP contribution in [0.15, 0.2) is 42.5 Å². The number of amides is 1. The summed E-state index contributed by atoms with van der Waals surface area (Å²) in [6.07, 6.45) is 1.88. The standard InChI is InChI=1S/C20H21NO4/c1-21-17-7-5-4-6-15(17)16(20(21)22)12-14-8-9-18(19(13-14)24-3)25-11-10-23-2/h4-9,12-13H,10-11H2,1-3H3/b16-12+. The van der Waals surface area contributed by atoms with Gasteiger partial charge in [0.2, 0.25) is 0 Å². The van der Waals surface area contributed by atoms with Gasteiger partial charge in [0.05, 0.1) is 19.4 Å². The molecule has 0 fully saturated rings. The molecule has 0 bridgehead atoms. The lowest BCUT2D eigenvalue weighted by atomic mass is 10.0. The molecule has 1 aliphatic rings. The fraction of sp³-hybridized carbons (Fsp3) is 0.250. The van der Waals surface area contributed by atoms with Crippen molar-refractivity contribution in [2.45, 2.75) is 0 Å². The Labute approximate surface area is 147 Å². The van der Waals surface area contributed by atoms with Crippen molar-refractivity contribution in [3.05, 3.63) is 53.6 Å². The Morgan fingerprint density at radius 2 is 1.84 bits per heavy atom. The minimum Gasteiger partial charge on any atom is -0.493 e. The lowest BCUT2D eigenvalue weighted by molar-refractivity contribution is -0.112. The number of anilines is 1. The first-order chi connectivity index (χ1) is 12.2. The van der Waals surface area contributed by atoms with Gasteiger partial charge < -0.3 is 19.1 Å². The number of carbonyl (C=O) groups excluding carboxylic acids is 1. The van der Waals surface area contributed by atoms with Gasteiger partial charge in [-0.3, -0.25) is 4.79 Å². The predicted molar refractivity (Wildman–Crippen MR) is 98.1 cm³/mol. The highest BCUT2D eigenvalue weighted by atomic mass is 16.5. The topological polar surface area (TPSA) is 48.0 Å². The van der Waals surface area contributed by atoms with Gasteiger partial charge >= 0.3 is 0 Å². The average molecular weight is 339 g/mol. The molecule has 0 saturated heterocycles. The van der Waals surface area contributed by atoms with Crippen LogP contribution in [0.3, 0.4) is 0 Å². The number of hydrogen-bond acceptors (Lipinski definition) is 4. The van der Waals surface area contributed by atoms with Crippen LogP contribution in [-0.4, -0.2) is 40.4 Å². The molecule has 5 nitrogen and oxygen atoms in total. The minimum absolute atomic E-state index is 0.0133. The van der Waals surface area contributed by atoms with Gasteiger partial charge in [-0.25, -0.2) is 0 Å². The van der Waals surface area contributed by atoms with Gasteiger partial charge in [0.25, 0.3) is 5.91 Å². The van der Waals surface area contributed by atoms with Gasteiger partial charge in [-0.2, -0.15) is 0 Å². The first-order valence-electron chi connectivity index (χ1n) is 8.04. The average Bonchev–Trinajstić information content (AvgIpc) is 2.88. The Kier molecular flexibility index (Phi) is 5.05. The highest BCUT2D eigenvalue weighted by molar-refractivity contribution is 6.35. The van der Waals surface area contributed by atoms with E-state index in [1.165, 1.54) is 0 Å². The number of hydrogen-bond donors (Lipinski definition) is 0. The maximum atomic E-state index is 12.6. The summed E-state index contributed by atoms with van der Waals surface area (Å²) in [4.78, 5) is 14.2. The van der Waals surface area contributed by atoms with Crippen molar-refractivity contribution < 1.29 is 19.0 Å². The van der Waals surface area contributed by atoms with E-state index >= 15 is 0 Å². The van der Waals surface area contributed by atoms with Gasteiger partial charge in [0, 0.05) is 25.3 Å². The second-order valence-electron chi connectivity index (χ2n) is 5.69. The third kappa shape index (κ3) is 3.37. The van der Waals surface area contributed by atoms with E-state index in [9.17, 15) is 4.79 Å². The molecule has 25 heavy (non-hydrogen) atoms. The van der Waals surface area contributed by atoms with Crippen molar-refractivity contribution >= 4 is 23.2 Å². The van der Waals surface area contributed by atoms with Crippen LogP contribution in [-0.2, 0) is 9.53 Å². The number of likely N-dealkylation sites (N-methyl/N-ethyl adjacent to an activating group) is 1. The molecule has 0 unspecified atom stereocenters. The van der Waals surface area contributed by atoms with E-state index in [4.69, 9.17) is 14.2 Å². The molecule has 130 valence electrons. The number of rotatable bonds is 6. The molecule has 0 spiro atoms. The zero-order valence-electron chi connectivity index (χ0n) is 14.6. The Bertz CT molecular complexity index is 813. The molecule has 1 aliphatic heterocycles. The molecular weight excluding hydrogens is 318 g/mol. The molecule has 0 aliphatic carbocycles. The van der Waals surface area contributed by atoms with Gasteiger partial charge in [0.15, 0.2) is 11.5 Å². The Morgan fingerprint density at radius 1 is 1.04 bits per heavy atom. The Morgan fingerprint density at radius 3 is 2.60 bits per heavy atom. The molecule has 0 aromatic heterocycles. The summed E-state index contributed by atoms with van der Waals surface area (Å²) in [5.41, 5.74) is 3.41. The third-order valence-electron chi connectivity index (χ3n) is 4.13. The fourth-order valence-corrected chi connectivity index (χ4v) is 2.83. The lowest BCUT2D eigenvalue weighted by Crippen LogP contribution is -2.20. The zero-order valence-corrected chi connectivity index (χ0v) is 14.6. The number of benzene rings is 2. The molecule has 0 atom stereocenters. The summed E-state index contributed by atoms with van der Waals surface area (Å²) in [5.74, 6) is 1.26. The maximum absolute atomic E-state index is 12.6. The van der Waals surface area contributed by atoms with Crippen LogP contribution in [0.5, 0.6) is 11.5 Å². The molecule has 1 amide bonds. The van der Waals surface area contributed by atoms with Crippen molar-refractivity contribution in [1.29, 1.82) is 0 Å². The van der Waals surface area contributed by atoms with Gasteiger partial charge in [0.1, 0.15) is 6.61 Å². The summed E-state index contributed by atoms with van der Waals surface area (Å²) >= 11 is 0. The van der Waals surface area contributed by atoms with Crippen LogP contribution < -0.4 is 14.4 Å². The van der Waals surface area contributed by atoms with Crippen LogP contribution in [0.1, 0.15) is 11.1 Å². The first-order valence-corrected chi connectivity index (χ1v) is 8.04. The SMILES string of the molecule is COCCOc1ccc(/C=C2/C(=O)N(C)c3ccccc32)cc1OC. The van der Waals surface area contributed by atoms with E-state index in [1.54, 1.807) is 26.2 Å². The summed E-state index contributed by atoms with van der Waals surface area (Å²) in [7, 11) is 5.01. The summed E-state index contributed by atoms with van der Waals surface area (Å²) in [5, 5.41) is 0. The zero-order chi connectivity index (χ0) is 17.8. The fourth-order valence-electron chi connectivity index (χ4n) is 2.83. The lowest BCUT2D eigenvalue weighted by Gasteiger charge is -2.11. The highest BCUT2D eigenvalue weighted by Gasteiger charge is 2.29. The van der Waals surface area contributed by atoms with E-state index in [1.807, 2.05) is 48.5 Å². The van der Waals surface area contributed by atoms with E-state index < -0.39 is 0 Å². The van der Waals surface area contributed by atoms with Crippen LogP contribution in [0.2, 0.25) is 0 Å². The van der Waals surface area contributed by atoms with E-state index in [2.05, 4.69) is 0 Å². The van der Waals surface area contributed by atoms with Gasteiger partial charge in [-0.05, 0) is 29.8 Å². The van der Waals surface area contributed by atoms with Crippen molar-refractivity contribution in [3.63, 3.8) is 0 Å². The predicted octanol–water partition coefficient (Wildman–Crippen LogP) is 3.24. The van der Waals surface area contributed by atoms with E-state index in [-0.39, 0.29) is 5.91 Å². The van der Waals surface area contributed by atoms with Gasteiger partial charge in [-0.15, -0.1) is 0 Å². The largest absolute Gasteiger partial charge is 0.493 e. The van der Waals surface area contributed by atoms with Crippen molar-refractivity contribution in [2.24, 2.45) is 0 Å². The monoisotopic (exact) mass is 339 g/mol. The highest BCUT2D eigenvalue weighted by Crippen LogP contribution is 2.37. The second-order valence-corrected chi connectivity index (χ2v) is 5.69. The number of ether oxygens (including phenoxy) is 3. The van der Waals surface area contributed by atoms with Crippen LogP contribution >= 0.6 is 0 Å². The molecule has 3 rings (SSSR count). The van der Waals surface area contributed by atoms with Crippen molar-refractivity contribution in [1.82, 2.24) is 0 Å². The number of methoxy groups -OCH3 is 2. The van der Waals surface area contributed by atoms with Crippen molar-refractivity contribution in [3.8, 4) is 11.5 Å². The first kappa shape index (κ1) is 17.0. The molecule has 0 radical (unpaired) electrons.